The van der Waals surface area contributed by atoms with Gasteiger partial charge in [0.15, 0.2) is 5.82 Å². The summed E-state index contributed by atoms with van der Waals surface area (Å²) in [6.07, 6.45) is 3.89. The van der Waals surface area contributed by atoms with Crippen LogP contribution in [-0.2, 0) is 4.79 Å². The van der Waals surface area contributed by atoms with Gasteiger partial charge in [0.1, 0.15) is 11.6 Å². The van der Waals surface area contributed by atoms with E-state index in [4.69, 9.17) is 11.0 Å². The molecule has 0 saturated carbocycles. The molecular weight excluding hydrogens is 316 g/mol. The number of nitriles is 1. The molecule has 1 saturated heterocycles. The van der Waals surface area contributed by atoms with Crippen LogP contribution in [0.5, 0.6) is 0 Å². The number of nitrogens with one attached hydrogen (secondary N) is 1. The first kappa shape index (κ1) is 17.0. The van der Waals surface area contributed by atoms with Gasteiger partial charge in [0.25, 0.3) is 0 Å². The van der Waals surface area contributed by atoms with Crippen LogP contribution in [0.3, 0.4) is 0 Å². The third-order valence-electron chi connectivity index (χ3n) is 4.52. The molecule has 2 aromatic rings. The van der Waals surface area contributed by atoms with E-state index in [0.29, 0.717) is 12.1 Å². The predicted molar refractivity (Wildman–Crippen MR) is 96.2 cm³/mol. The standard InChI is InChI=1S/C18H22N6O/c1-13-6-8-23(9-7-13)12-17(25)21-15-2-4-16(5-3-15)24-11-14(10-19)18(20)22-24/h2-5,11,13H,6-9,12H2,1H3,(H2,20,22)(H,21,25). The lowest BCUT2D eigenvalue weighted by Gasteiger charge is -2.29. The van der Waals surface area contributed by atoms with Crippen molar-refractivity contribution in [2.75, 3.05) is 30.7 Å². The third kappa shape index (κ3) is 4.17. The number of likely N-dealkylation sites (tertiary alicyclic amines) is 1. The van der Waals surface area contributed by atoms with Crippen LogP contribution in [0.4, 0.5) is 11.5 Å². The fourth-order valence-corrected chi connectivity index (χ4v) is 2.93. The van der Waals surface area contributed by atoms with E-state index in [1.165, 1.54) is 0 Å². The van der Waals surface area contributed by atoms with Crippen molar-refractivity contribution in [3.63, 3.8) is 0 Å². The molecule has 0 aliphatic carbocycles. The summed E-state index contributed by atoms with van der Waals surface area (Å²) in [7, 11) is 0. The van der Waals surface area contributed by atoms with E-state index < -0.39 is 0 Å². The maximum absolute atomic E-state index is 12.2. The number of anilines is 2. The summed E-state index contributed by atoms with van der Waals surface area (Å²) in [5.41, 5.74) is 7.52. The van der Waals surface area contributed by atoms with E-state index >= 15 is 0 Å². The van der Waals surface area contributed by atoms with Gasteiger partial charge < -0.3 is 11.1 Å². The van der Waals surface area contributed by atoms with Crippen molar-refractivity contribution in [3.8, 4) is 11.8 Å². The molecule has 1 aromatic heterocycles. The minimum atomic E-state index is -0.00240. The lowest BCUT2D eigenvalue weighted by atomic mass is 9.99. The van der Waals surface area contributed by atoms with Crippen molar-refractivity contribution in [1.82, 2.24) is 14.7 Å². The van der Waals surface area contributed by atoms with E-state index in [0.717, 1.165) is 43.2 Å². The smallest absolute Gasteiger partial charge is 0.238 e. The van der Waals surface area contributed by atoms with Crippen LogP contribution < -0.4 is 11.1 Å². The summed E-state index contributed by atoms with van der Waals surface area (Å²) < 4.78 is 1.55. The zero-order valence-electron chi connectivity index (χ0n) is 14.3. The van der Waals surface area contributed by atoms with E-state index in [9.17, 15) is 4.79 Å². The van der Waals surface area contributed by atoms with Gasteiger partial charge in [-0.05, 0) is 56.1 Å². The molecule has 1 aliphatic rings. The number of carbonyl (C=O) groups is 1. The molecule has 0 spiro atoms. The Hall–Kier alpha value is -2.85. The number of nitrogen functional groups attached to an aromatic ring is 1. The zero-order valence-corrected chi connectivity index (χ0v) is 14.3. The number of nitrogens with zero attached hydrogens (tertiary/aromatic N) is 4. The fourth-order valence-electron chi connectivity index (χ4n) is 2.93. The predicted octanol–water partition coefficient (Wildman–Crippen LogP) is 2.00. The van der Waals surface area contributed by atoms with E-state index in [1.54, 1.807) is 10.9 Å². The molecule has 1 fully saturated rings. The van der Waals surface area contributed by atoms with Gasteiger partial charge >= 0.3 is 0 Å². The summed E-state index contributed by atoms with van der Waals surface area (Å²) in [5, 5.41) is 16.0. The Kier molecular flexibility index (Phi) is 5.00. The van der Waals surface area contributed by atoms with Crippen LogP contribution in [0.2, 0.25) is 0 Å². The molecular formula is C18H22N6O. The molecule has 2 heterocycles. The van der Waals surface area contributed by atoms with Crippen molar-refractivity contribution in [2.45, 2.75) is 19.8 Å². The Bertz CT molecular complexity index is 781. The van der Waals surface area contributed by atoms with Crippen molar-refractivity contribution in [1.29, 1.82) is 5.26 Å². The lowest BCUT2D eigenvalue weighted by molar-refractivity contribution is -0.117. The lowest BCUT2D eigenvalue weighted by Crippen LogP contribution is -2.38. The maximum Gasteiger partial charge on any atom is 0.238 e. The molecule has 3 N–H and O–H groups in total. The molecule has 7 heteroatoms. The number of piperidine rings is 1. The number of benzene rings is 1. The quantitative estimate of drug-likeness (QED) is 0.888. The van der Waals surface area contributed by atoms with E-state index in [1.807, 2.05) is 30.3 Å². The van der Waals surface area contributed by atoms with Gasteiger partial charge in [0, 0.05) is 5.69 Å². The summed E-state index contributed by atoms with van der Waals surface area (Å²) in [6, 6.07) is 9.27. The molecule has 7 nitrogen and oxygen atoms in total. The van der Waals surface area contributed by atoms with Crippen molar-refractivity contribution < 1.29 is 4.79 Å². The molecule has 25 heavy (non-hydrogen) atoms. The molecule has 1 aliphatic heterocycles. The van der Waals surface area contributed by atoms with E-state index in [-0.39, 0.29) is 11.7 Å². The average molecular weight is 338 g/mol. The number of rotatable bonds is 4. The largest absolute Gasteiger partial charge is 0.381 e. The monoisotopic (exact) mass is 338 g/mol. The second kappa shape index (κ2) is 7.36. The van der Waals surface area contributed by atoms with Crippen LogP contribution in [-0.4, -0.2) is 40.2 Å². The number of carbonyl (C=O) groups excluding carboxylic acids is 1. The van der Waals surface area contributed by atoms with Gasteiger partial charge in [-0.15, -0.1) is 5.10 Å². The highest BCUT2D eigenvalue weighted by atomic mass is 16.2. The van der Waals surface area contributed by atoms with Crippen molar-refractivity contribution >= 4 is 17.4 Å². The molecule has 0 unspecified atom stereocenters. The van der Waals surface area contributed by atoms with Crippen LogP contribution in [0.1, 0.15) is 25.3 Å². The topological polar surface area (TPSA) is 100.0 Å². The molecule has 0 radical (unpaired) electrons. The minimum absolute atomic E-state index is 0.00240. The summed E-state index contributed by atoms with van der Waals surface area (Å²) in [6.45, 7) is 4.65. The zero-order chi connectivity index (χ0) is 17.8. The van der Waals surface area contributed by atoms with Gasteiger partial charge in [0.2, 0.25) is 5.91 Å². The van der Waals surface area contributed by atoms with Crippen LogP contribution in [0.25, 0.3) is 5.69 Å². The Morgan fingerprint density at radius 3 is 2.64 bits per heavy atom. The number of amides is 1. The molecule has 0 bridgehead atoms. The molecule has 1 aromatic carbocycles. The Morgan fingerprint density at radius 1 is 1.36 bits per heavy atom. The maximum atomic E-state index is 12.2. The van der Waals surface area contributed by atoms with Crippen molar-refractivity contribution in [3.05, 3.63) is 36.0 Å². The Labute approximate surface area is 147 Å². The molecule has 3 rings (SSSR count). The Balaban J connectivity index is 1.58. The first-order chi connectivity index (χ1) is 12.0. The summed E-state index contributed by atoms with van der Waals surface area (Å²) >= 11 is 0. The van der Waals surface area contributed by atoms with Crippen molar-refractivity contribution in [2.24, 2.45) is 5.92 Å². The first-order valence-electron chi connectivity index (χ1n) is 8.43. The number of hydrogen-bond donors (Lipinski definition) is 2. The first-order valence-corrected chi connectivity index (χ1v) is 8.43. The van der Waals surface area contributed by atoms with Crippen LogP contribution >= 0.6 is 0 Å². The number of aromatic nitrogens is 2. The summed E-state index contributed by atoms with van der Waals surface area (Å²) in [4.78, 5) is 14.4. The molecule has 130 valence electrons. The highest BCUT2D eigenvalue weighted by Crippen LogP contribution is 2.17. The fraction of sp³-hybridized carbons (Fsp3) is 0.389. The second-order valence-corrected chi connectivity index (χ2v) is 6.54. The summed E-state index contributed by atoms with van der Waals surface area (Å²) in [5.74, 6) is 0.956. The SMILES string of the molecule is CC1CCN(CC(=O)Nc2ccc(-n3cc(C#N)c(N)n3)cc2)CC1. The van der Waals surface area contributed by atoms with Gasteiger partial charge in [-0.25, -0.2) is 4.68 Å². The normalized spacial score (nSPS) is 15.7. The van der Waals surface area contributed by atoms with Crippen LogP contribution in [0, 0.1) is 17.2 Å². The molecule has 0 atom stereocenters. The minimum Gasteiger partial charge on any atom is -0.381 e. The molecule has 1 amide bonds. The Morgan fingerprint density at radius 2 is 2.04 bits per heavy atom. The highest BCUT2D eigenvalue weighted by Gasteiger charge is 2.18. The van der Waals surface area contributed by atoms with Gasteiger partial charge in [-0.3, -0.25) is 9.69 Å². The van der Waals surface area contributed by atoms with Gasteiger partial charge in [-0.2, -0.15) is 5.26 Å². The number of nitrogens with two attached hydrogens (primary N) is 1. The average Bonchev–Trinajstić information content (AvgIpc) is 2.98. The number of hydrogen-bond acceptors (Lipinski definition) is 5. The van der Waals surface area contributed by atoms with Crippen LogP contribution in [0.15, 0.2) is 30.5 Å². The van der Waals surface area contributed by atoms with E-state index in [2.05, 4.69) is 22.2 Å². The highest BCUT2D eigenvalue weighted by molar-refractivity contribution is 5.92. The third-order valence-corrected chi connectivity index (χ3v) is 4.52. The second-order valence-electron chi connectivity index (χ2n) is 6.54. The van der Waals surface area contributed by atoms with Gasteiger partial charge in [0.05, 0.1) is 18.4 Å². The van der Waals surface area contributed by atoms with Gasteiger partial charge in [-0.1, -0.05) is 6.92 Å².